The number of hydrogen-bond acceptors (Lipinski definition) is 4. The van der Waals surface area contributed by atoms with Crippen molar-refractivity contribution in [3.05, 3.63) is 18.3 Å². The number of aromatic nitrogens is 1. The minimum atomic E-state index is -3.44. The zero-order valence-corrected chi connectivity index (χ0v) is 12.4. The van der Waals surface area contributed by atoms with E-state index < -0.39 is 10.0 Å². The Morgan fingerprint density at radius 1 is 1.26 bits per heavy atom. The van der Waals surface area contributed by atoms with Gasteiger partial charge in [0.15, 0.2) is 0 Å². The van der Waals surface area contributed by atoms with E-state index in [9.17, 15) is 8.42 Å². The Labute approximate surface area is 115 Å². The average molecular weight is 283 g/mol. The molecule has 1 saturated heterocycles. The highest BCUT2D eigenvalue weighted by atomic mass is 32.2. The van der Waals surface area contributed by atoms with Crippen molar-refractivity contribution in [2.24, 2.45) is 0 Å². The van der Waals surface area contributed by atoms with Gasteiger partial charge in [0.25, 0.3) is 0 Å². The average Bonchev–Trinajstić information content (AvgIpc) is 2.38. The largest absolute Gasteiger partial charge is 0.373 e. The predicted octanol–water partition coefficient (Wildman–Crippen LogP) is 2.07. The van der Waals surface area contributed by atoms with E-state index in [4.69, 9.17) is 0 Å². The zero-order chi connectivity index (χ0) is 14.0. The number of rotatable bonds is 3. The van der Waals surface area contributed by atoms with Crippen LogP contribution in [0.4, 0.5) is 5.82 Å². The molecule has 6 heteroatoms. The molecule has 1 aromatic rings. The van der Waals surface area contributed by atoms with Crippen molar-refractivity contribution in [2.75, 3.05) is 12.4 Å². The lowest BCUT2D eigenvalue weighted by Gasteiger charge is -2.37. The Hall–Kier alpha value is -1.14. The van der Waals surface area contributed by atoms with Crippen LogP contribution in [-0.2, 0) is 10.0 Å². The molecule has 1 aliphatic rings. The van der Waals surface area contributed by atoms with Crippen molar-refractivity contribution in [3.8, 4) is 0 Å². The standard InChI is InChI=1S/C13H21N3O2S/c1-10-5-4-6-11(2)16(10)19(17,18)12-7-8-13(14-3)15-9-12/h7-11H,4-6H2,1-3H3,(H,14,15)/t10-,11+. The molecule has 1 N–H and O–H groups in total. The van der Waals surface area contributed by atoms with E-state index in [0.29, 0.717) is 5.82 Å². The Morgan fingerprint density at radius 2 is 1.89 bits per heavy atom. The SMILES string of the molecule is CNc1ccc(S(=O)(=O)N2[C@H](C)CCC[C@@H]2C)cn1. The van der Waals surface area contributed by atoms with Crippen LogP contribution in [0, 0.1) is 0 Å². The summed E-state index contributed by atoms with van der Waals surface area (Å²) in [6.45, 7) is 3.95. The summed E-state index contributed by atoms with van der Waals surface area (Å²) in [6, 6.07) is 3.41. The van der Waals surface area contributed by atoms with Crippen LogP contribution in [0.2, 0.25) is 0 Å². The molecule has 0 spiro atoms. The van der Waals surface area contributed by atoms with Crippen LogP contribution in [-0.4, -0.2) is 36.8 Å². The van der Waals surface area contributed by atoms with Crippen molar-refractivity contribution in [1.82, 2.24) is 9.29 Å². The third-order valence-electron chi connectivity index (χ3n) is 3.68. The first-order chi connectivity index (χ1) is 8.96. The number of nitrogens with one attached hydrogen (secondary N) is 1. The molecular weight excluding hydrogens is 262 g/mol. The van der Waals surface area contributed by atoms with Crippen molar-refractivity contribution in [3.63, 3.8) is 0 Å². The van der Waals surface area contributed by atoms with E-state index in [2.05, 4.69) is 10.3 Å². The first-order valence-electron chi connectivity index (χ1n) is 6.64. The summed E-state index contributed by atoms with van der Waals surface area (Å²) in [7, 11) is -1.69. The summed E-state index contributed by atoms with van der Waals surface area (Å²) in [5.74, 6) is 0.665. The van der Waals surface area contributed by atoms with Gasteiger partial charge in [-0.3, -0.25) is 0 Å². The topological polar surface area (TPSA) is 62.3 Å². The number of sulfonamides is 1. The molecule has 2 rings (SSSR count). The smallest absolute Gasteiger partial charge is 0.245 e. The van der Waals surface area contributed by atoms with Crippen molar-refractivity contribution in [1.29, 1.82) is 0 Å². The molecule has 19 heavy (non-hydrogen) atoms. The second-order valence-electron chi connectivity index (χ2n) is 5.09. The van der Waals surface area contributed by atoms with Crippen LogP contribution in [0.1, 0.15) is 33.1 Å². The molecule has 2 atom stereocenters. The second-order valence-corrected chi connectivity index (χ2v) is 6.94. The molecule has 0 amide bonds. The molecule has 0 aliphatic carbocycles. The Balaban J connectivity index is 2.34. The lowest BCUT2D eigenvalue weighted by molar-refractivity contribution is 0.204. The summed E-state index contributed by atoms with van der Waals surface area (Å²) in [4.78, 5) is 4.36. The Kier molecular flexibility index (Phi) is 4.10. The summed E-state index contributed by atoms with van der Waals surface area (Å²) < 4.78 is 27.0. The third-order valence-corrected chi connectivity index (χ3v) is 5.79. The normalized spacial score (nSPS) is 25.2. The third kappa shape index (κ3) is 2.74. The van der Waals surface area contributed by atoms with E-state index in [1.54, 1.807) is 23.5 Å². The van der Waals surface area contributed by atoms with Gasteiger partial charge in [-0.2, -0.15) is 4.31 Å². The van der Waals surface area contributed by atoms with Gasteiger partial charge in [-0.15, -0.1) is 0 Å². The molecule has 0 unspecified atom stereocenters. The minimum absolute atomic E-state index is 0.0535. The fraction of sp³-hybridized carbons (Fsp3) is 0.615. The molecule has 0 saturated carbocycles. The second kappa shape index (κ2) is 5.46. The van der Waals surface area contributed by atoms with Gasteiger partial charge >= 0.3 is 0 Å². The molecule has 1 aliphatic heterocycles. The van der Waals surface area contributed by atoms with Gasteiger partial charge in [-0.25, -0.2) is 13.4 Å². The molecule has 5 nitrogen and oxygen atoms in total. The highest BCUT2D eigenvalue weighted by molar-refractivity contribution is 7.89. The summed E-state index contributed by atoms with van der Waals surface area (Å²) >= 11 is 0. The van der Waals surface area contributed by atoms with E-state index in [-0.39, 0.29) is 17.0 Å². The van der Waals surface area contributed by atoms with Crippen LogP contribution in [0.15, 0.2) is 23.2 Å². The molecule has 1 aromatic heterocycles. The van der Waals surface area contributed by atoms with E-state index in [0.717, 1.165) is 19.3 Å². The first-order valence-corrected chi connectivity index (χ1v) is 8.08. The summed E-state index contributed by atoms with van der Waals surface area (Å²) in [5.41, 5.74) is 0. The quantitative estimate of drug-likeness (QED) is 0.922. The number of hydrogen-bond donors (Lipinski definition) is 1. The molecule has 2 heterocycles. The summed E-state index contributed by atoms with van der Waals surface area (Å²) in [6.07, 6.45) is 4.36. The number of pyridine rings is 1. The highest BCUT2D eigenvalue weighted by Crippen LogP contribution is 2.29. The molecule has 1 fully saturated rings. The first kappa shape index (κ1) is 14.3. The van der Waals surface area contributed by atoms with Crippen LogP contribution in [0.25, 0.3) is 0 Å². The van der Waals surface area contributed by atoms with E-state index >= 15 is 0 Å². The van der Waals surface area contributed by atoms with Crippen LogP contribution >= 0.6 is 0 Å². The highest BCUT2D eigenvalue weighted by Gasteiger charge is 2.35. The van der Waals surface area contributed by atoms with Gasteiger partial charge in [0.1, 0.15) is 10.7 Å². The maximum absolute atomic E-state index is 12.7. The fourth-order valence-electron chi connectivity index (χ4n) is 2.67. The molecule has 0 aromatic carbocycles. The van der Waals surface area contributed by atoms with Gasteiger partial charge in [-0.1, -0.05) is 6.42 Å². The number of nitrogens with zero attached hydrogens (tertiary/aromatic N) is 2. The van der Waals surface area contributed by atoms with E-state index in [1.165, 1.54) is 6.20 Å². The minimum Gasteiger partial charge on any atom is -0.373 e. The molecule has 106 valence electrons. The zero-order valence-electron chi connectivity index (χ0n) is 11.6. The van der Waals surface area contributed by atoms with E-state index in [1.807, 2.05) is 13.8 Å². The Morgan fingerprint density at radius 3 is 2.37 bits per heavy atom. The maximum atomic E-state index is 12.7. The maximum Gasteiger partial charge on any atom is 0.245 e. The predicted molar refractivity (Wildman–Crippen MR) is 75.6 cm³/mol. The van der Waals surface area contributed by atoms with Crippen molar-refractivity contribution >= 4 is 15.8 Å². The van der Waals surface area contributed by atoms with Gasteiger partial charge in [0.2, 0.25) is 10.0 Å². The van der Waals surface area contributed by atoms with Crippen LogP contribution in [0.3, 0.4) is 0 Å². The lowest BCUT2D eigenvalue weighted by Crippen LogP contribution is -2.47. The molecular formula is C13H21N3O2S. The molecule has 0 radical (unpaired) electrons. The van der Waals surface area contributed by atoms with Crippen LogP contribution < -0.4 is 5.32 Å². The molecule has 0 bridgehead atoms. The monoisotopic (exact) mass is 283 g/mol. The van der Waals surface area contributed by atoms with Gasteiger partial charge < -0.3 is 5.32 Å². The van der Waals surface area contributed by atoms with Gasteiger partial charge in [0.05, 0.1) is 0 Å². The summed E-state index contributed by atoms with van der Waals surface area (Å²) in [5, 5.41) is 2.88. The number of piperidine rings is 1. The van der Waals surface area contributed by atoms with Crippen LogP contribution in [0.5, 0.6) is 0 Å². The van der Waals surface area contributed by atoms with Gasteiger partial charge in [0, 0.05) is 25.3 Å². The van der Waals surface area contributed by atoms with Crippen molar-refractivity contribution in [2.45, 2.75) is 50.1 Å². The fourth-order valence-corrected chi connectivity index (χ4v) is 4.50. The van der Waals surface area contributed by atoms with Crippen molar-refractivity contribution < 1.29 is 8.42 Å². The number of anilines is 1. The van der Waals surface area contributed by atoms with Gasteiger partial charge in [-0.05, 0) is 38.8 Å². The Bertz CT molecular complexity index is 517. The lowest BCUT2D eigenvalue weighted by atomic mass is 10.0.